The Balaban J connectivity index is 1.52. The van der Waals surface area contributed by atoms with Gasteiger partial charge in [0.25, 0.3) is 11.6 Å². The standard InChI is InChI=1S/C25H28ClN5O9S/c1-2-31(10-7-20(32)33)24(36)39-23(35)25(8-4-9-28-25)40-15-6-3-5-14(11-15)21-29-18-13-17(26)19(41(27,37)38)12-16(18)22(34)30-21/h3,5-6,11-13,21,28-29H,2,4,7-10H2,1H3,(H,30,34)(H,32,33)(H2,27,37,38)/t21?,25-/m1/s1. The van der Waals surface area contributed by atoms with E-state index < -0.39 is 45.9 Å². The number of halogens is 1. The first-order valence-corrected chi connectivity index (χ1v) is 14.5. The second-order valence-electron chi connectivity index (χ2n) is 9.33. The number of fused-ring (bicyclic) bond motifs is 1. The third kappa shape index (κ3) is 6.70. The second kappa shape index (κ2) is 11.9. The number of nitrogens with one attached hydrogen (secondary N) is 3. The van der Waals surface area contributed by atoms with Crippen molar-refractivity contribution in [1.82, 2.24) is 15.5 Å². The molecule has 4 rings (SSSR count). The van der Waals surface area contributed by atoms with Crippen LogP contribution in [0.15, 0.2) is 41.3 Å². The van der Waals surface area contributed by atoms with Gasteiger partial charge in [0.05, 0.1) is 22.7 Å². The SMILES string of the molecule is CCN(CCC(=O)O)C(=O)OC(=O)[C@]1(Oc2cccc(C3NC(=O)c4cc(S(N)(=O)=O)c(Cl)cc4N3)c2)CCCN1. The maximum atomic E-state index is 13.1. The Morgan fingerprint density at radius 3 is 2.61 bits per heavy atom. The van der Waals surface area contributed by atoms with Crippen molar-refractivity contribution >= 4 is 51.3 Å². The van der Waals surface area contributed by atoms with Crippen LogP contribution in [0.25, 0.3) is 0 Å². The number of benzene rings is 2. The third-order valence-corrected chi connectivity index (χ3v) is 7.92. The summed E-state index contributed by atoms with van der Waals surface area (Å²) in [6.07, 6.45) is -1.32. The number of amides is 2. The number of rotatable bonds is 9. The lowest BCUT2D eigenvalue weighted by Crippen LogP contribution is -2.55. The van der Waals surface area contributed by atoms with Crippen LogP contribution < -0.4 is 25.8 Å². The number of anilines is 1. The van der Waals surface area contributed by atoms with Gasteiger partial charge in [-0.25, -0.2) is 23.1 Å². The number of hydrogen-bond donors (Lipinski definition) is 5. The van der Waals surface area contributed by atoms with Gasteiger partial charge in [0.2, 0.25) is 10.0 Å². The highest BCUT2D eigenvalue weighted by molar-refractivity contribution is 7.89. The molecule has 6 N–H and O–H groups in total. The molecule has 16 heteroatoms. The number of sulfonamides is 1. The molecule has 1 unspecified atom stereocenters. The highest BCUT2D eigenvalue weighted by atomic mass is 35.5. The number of carbonyl (C=O) groups excluding carboxylic acids is 3. The van der Waals surface area contributed by atoms with Crippen LogP contribution in [-0.4, -0.2) is 67.7 Å². The smallest absolute Gasteiger partial charge is 0.417 e. The Hall–Kier alpha value is -3.92. The second-order valence-corrected chi connectivity index (χ2v) is 11.3. The van der Waals surface area contributed by atoms with Crippen LogP contribution in [0.3, 0.4) is 0 Å². The summed E-state index contributed by atoms with van der Waals surface area (Å²) in [5.41, 5.74) is -0.833. The molecule has 0 aromatic heterocycles. The van der Waals surface area contributed by atoms with Crippen molar-refractivity contribution in [3.63, 3.8) is 0 Å². The Labute approximate surface area is 240 Å². The number of carboxylic acids is 1. The van der Waals surface area contributed by atoms with Crippen molar-refractivity contribution < 1.29 is 42.2 Å². The van der Waals surface area contributed by atoms with Crippen molar-refractivity contribution in [1.29, 1.82) is 0 Å². The largest absolute Gasteiger partial charge is 0.481 e. The Bertz CT molecular complexity index is 1490. The van der Waals surface area contributed by atoms with Gasteiger partial charge in [-0.3, -0.25) is 14.9 Å². The van der Waals surface area contributed by atoms with Gasteiger partial charge >= 0.3 is 18.0 Å². The minimum absolute atomic E-state index is 0.0353. The third-order valence-electron chi connectivity index (χ3n) is 6.54. The molecule has 14 nitrogen and oxygen atoms in total. The molecule has 41 heavy (non-hydrogen) atoms. The predicted octanol–water partition coefficient (Wildman–Crippen LogP) is 1.76. The molecule has 2 atom stereocenters. The molecule has 1 saturated heterocycles. The topological polar surface area (TPSA) is 206 Å². The Morgan fingerprint density at radius 2 is 1.98 bits per heavy atom. The summed E-state index contributed by atoms with van der Waals surface area (Å²) in [6, 6.07) is 8.87. The molecule has 0 radical (unpaired) electrons. The fourth-order valence-electron chi connectivity index (χ4n) is 4.46. The molecule has 2 aromatic carbocycles. The average molecular weight is 610 g/mol. The van der Waals surface area contributed by atoms with E-state index in [0.717, 1.165) is 11.0 Å². The van der Waals surface area contributed by atoms with E-state index in [0.29, 0.717) is 18.5 Å². The molecule has 220 valence electrons. The fourth-order valence-corrected chi connectivity index (χ4v) is 5.56. The van der Waals surface area contributed by atoms with E-state index in [4.69, 9.17) is 31.3 Å². The number of hydrogen-bond acceptors (Lipinski definition) is 10. The number of carbonyl (C=O) groups is 4. The van der Waals surface area contributed by atoms with E-state index in [1.54, 1.807) is 31.2 Å². The number of ether oxygens (including phenoxy) is 2. The lowest BCUT2D eigenvalue weighted by Gasteiger charge is -2.31. The van der Waals surface area contributed by atoms with Crippen LogP contribution >= 0.6 is 11.6 Å². The molecule has 0 spiro atoms. The minimum Gasteiger partial charge on any atom is -0.481 e. The van der Waals surface area contributed by atoms with Gasteiger partial charge in [-0.1, -0.05) is 23.7 Å². The molecular formula is C25H28ClN5O9S. The van der Waals surface area contributed by atoms with E-state index in [-0.39, 0.29) is 52.8 Å². The normalized spacial score (nSPS) is 19.9. The van der Waals surface area contributed by atoms with E-state index in [1.807, 2.05) is 0 Å². The highest BCUT2D eigenvalue weighted by Crippen LogP contribution is 2.34. The van der Waals surface area contributed by atoms with Crippen LogP contribution in [0, 0.1) is 0 Å². The zero-order valence-electron chi connectivity index (χ0n) is 21.8. The first-order valence-electron chi connectivity index (χ1n) is 12.5. The maximum Gasteiger partial charge on any atom is 0.417 e. The van der Waals surface area contributed by atoms with Crippen LogP contribution in [0.1, 0.15) is 48.3 Å². The number of nitrogens with two attached hydrogens (primary N) is 1. The fraction of sp³-hybridized carbons (Fsp3) is 0.360. The Morgan fingerprint density at radius 1 is 1.22 bits per heavy atom. The molecule has 2 aliphatic rings. The summed E-state index contributed by atoms with van der Waals surface area (Å²) in [5.74, 6) is -2.42. The lowest BCUT2D eigenvalue weighted by molar-refractivity contribution is -0.158. The van der Waals surface area contributed by atoms with E-state index in [2.05, 4.69) is 16.0 Å². The molecule has 0 aliphatic carbocycles. The van der Waals surface area contributed by atoms with Gasteiger partial charge < -0.3 is 30.1 Å². The van der Waals surface area contributed by atoms with Crippen molar-refractivity contribution in [2.75, 3.05) is 25.0 Å². The van der Waals surface area contributed by atoms with Gasteiger partial charge in [-0.2, -0.15) is 0 Å². The van der Waals surface area contributed by atoms with Crippen molar-refractivity contribution in [3.8, 4) is 5.75 Å². The summed E-state index contributed by atoms with van der Waals surface area (Å²) < 4.78 is 34.7. The number of nitrogens with zero attached hydrogens (tertiary/aromatic N) is 1. The van der Waals surface area contributed by atoms with Crippen LogP contribution in [0.5, 0.6) is 5.75 Å². The van der Waals surface area contributed by atoms with Gasteiger partial charge in [0, 0.05) is 19.5 Å². The maximum absolute atomic E-state index is 13.1. The van der Waals surface area contributed by atoms with Gasteiger partial charge in [0.1, 0.15) is 16.8 Å². The molecular weight excluding hydrogens is 582 g/mol. The molecule has 2 aliphatic heterocycles. The van der Waals surface area contributed by atoms with E-state index in [1.165, 1.54) is 6.07 Å². The van der Waals surface area contributed by atoms with Gasteiger partial charge in [0.15, 0.2) is 0 Å². The first-order chi connectivity index (χ1) is 19.3. The number of carboxylic acid groups (broad SMARTS) is 1. The monoisotopic (exact) mass is 609 g/mol. The van der Waals surface area contributed by atoms with Crippen LogP contribution in [0.2, 0.25) is 5.02 Å². The van der Waals surface area contributed by atoms with Gasteiger partial charge in [-0.05, 0) is 49.7 Å². The van der Waals surface area contributed by atoms with Crippen LogP contribution in [-0.2, 0) is 24.3 Å². The number of esters is 1. The van der Waals surface area contributed by atoms with Gasteiger partial charge in [-0.15, -0.1) is 0 Å². The molecule has 2 aromatic rings. The van der Waals surface area contributed by atoms with E-state index >= 15 is 0 Å². The lowest BCUT2D eigenvalue weighted by atomic mass is 10.1. The van der Waals surface area contributed by atoms with Crippen molar-refractivity contribution in [2.45, 2.75) is 43.0 Å². The summed E-state index contributed by atoms with van der Waals surface area (Å²) in [4.78, 5) is 50.1. The average Bonchev–Trinajstić information content (AvgIpc) is 3.37. The first kappa shape index (κ1) is 30.0. The zero-order valence-corrected chi connectivity index (χ0v) is 23.4. The minimum atomic E-state index is -4.15. The molecule has 2 amide bonds. The molecule has 1 fully saturated rings. The number of primary sulfonamides is 1. The summed E-state index contributed by atoms with van der Waals surface area (Å²) in [5, 5.41) is 22.7. The molecule has 0 saturated carbocycles. The molecule has 2 heterocycles. The quantitative estimate of drug-likeness (QED) is 0.204. The zero-order chi connectivity index (χ0) is 29.9. The summed E-state index contributed by atoms with van der Waals surface area (Å²) in [7, 11) is -4.15. The number of aliphatic carboxylic acids is 1. The Kier molecular flexibility index (Phi) is 8.72. The summed E-state index contributed by atoms with van der Waals surface area (Å²) in [6.45, 7) is 2.06. The summed E-state index contributed by atoms with van der Waals surface area (Å²) >= 11 is 6.09. The van der Waals surface area contributed by atoms with Crippen molar-refractivity contribution in [2.24, 2.45) is 5.14 Å². The highest BCUT2D eigenvalue weighted by Gasteiger charge is 2.47. The van der Waals surface area contributed by atoms with E-state index in [9.17, 15) is 27.6 Å². The van der Waals surface area contributed by atoms with Crippen molar-refractivity contribution in [3.05, 3.63) is 52.5 Å². The molecule has 0 bridgehead atoms. The predicted molar refractivity (Wildman–Crippen MR) is 145 cm³/mol. The van der Waals surface area contributed by atoms with Crippen LogP contribution in [0.4, 0.5) is 10.5 Å².